The summed E-state index contributed by atoms with van der Waals surface area (Å²) in [5, 5.41) is 7.43. The maximum absolute atomic E-state index is 12.3. The fourth-order valence-electron chi connectivity index (χ4n) is 4.14. The van der Waals surface area contributed by atoms with Gasteiger partial charge in [-0.15, -0.1) is 0 Å². The zero-order valence-corrected chi connectivity index (χ0v) is 15.2. The monoisotopic (exact) mass is 354 g/mol. The first-order valence-electron chi connectivity index (χ1n) is 9.48. The van der Waals surface area contributed by atoms with Gasteiger partial charge in [-0.1, -0.05) is 18.2 Å². The van der Waals surface area contributed by atoms with Gasteiger partial charge in [0.05, 0.1) is 12.2 Å². The van der Waals surface area contributed by atoms with E-state index in [0.29, 0.717) is 12.5 Å². The number of aromatic nitrogens is 2. The predicted molar refractivity (Wildman–Crippen MR) is 99.7 cm³/mol. The van der Waals surface area contributed by atoms with Crippen LogP contribution in [0.15, 0.2) is 36.5 Å². The number of ether oxygens (including phenoxy) is 1. The number of nitrogens with one attached hydrogen (secondary N) is 1. The molecule has 1 amide bonds. The molecule has 1 fully saturated rings. The average Bonchev–Trinajstić information content (AvgIpc) is 3.05. The number of para-hydroxylation sites is 1. The SMILES string of the molecule is CCn1nccc1[C@@H]1OCCC[C@H]1CN1CC(=O)Nc2ccccc2C1. The first-order valence-corrected chi connectivity index (χ1v) is 9.48. The molecule has 0 saturated carbocycles. The molecule has 0 aliphatic carbocycles. The van der Waals surface area contributed by atoms with Crippen molar-refractivity contribution in [1.29, 1.82) is 0 Å². The van der Waals surface area contributed by atoms with E-state index in [4.69, 9.17) is 4.74 Å². The van der Waals surface area contributed by atoms with Crippen molar-refractivity contribution < 1.29 is 9.53 Å². The standard InChI is InChI=1S/C20H26N4O2/c1-2-24-18(9-10-21-24)20-16(7-5-11-26-20)13-23-12-15-6-3-4-8-17(15)22-19(25)14-23/h3-4,6,8-10,16,20H,2,5,7,11-14H2,1H3,(H,22,25)/t16-,20+/m0/s1. The molecule has 1 N–H and O–H groups in total. The highest BCUT2D eigenvalue weighted by Crippen LogP contribution is 2.35. The number of hydrogen-bond donors (Lipinski definition) is 1. The second-order valence-corrected chi connectivity index (χ2v) is 7.14. The predicted octanol–water partition coefficient (Wildman–Crippen LogP) is 2.83. The van der Waals surface area contributed by atoms with E-state index in [1.807, 2.05) is 29.1 Å². The summed E-state index contributed by atoms with van der Waals surface area (Å²) in [7, 11) is 0. The van der Waals surface area contributed by atoms with Crippen LogP contribution in [0, 0.1) is 5.92 Å². The average molecular weight is 354 g/mol. The summed E-state index contributed by atoms with van der Waals surface area (Å²) in [5.41, 5.74) is 3.25. The van der Waals surface area contributed by atoms with Crippen molar-refractivity contribution in [3.8, 4) is 0 Å². The number of carbonyl (C=O) groups is 1. The highest BCUT2D eigenvalue weighted by Gasteiger charge is 2.32. The lowest BCUT2D eigenvalue weighted by Gasteiger charge is -2.35. The Morgan fingerprint density at radius 1 is 1.27 bits per heavy atom. The Kier molecular flexibility index (Phi) is 5.04. The molecule has 2 aromatic rings. The Balaban J connectivity index is 1.54. The number of benzene rings is 1. The summed E-state index contributed by atoms with van der Waals surface area (Å²) in [6.07, 6.45) is 4.08. The van der Waals surface area contributed by atoms with E-state index >= 15 is 0 Å². The van der Waals surface area contributed by atoms with Crippen molar-refractivity contribution in [3.05, 3.63) is 47.8 Å². The lowest BCUT2D eigenvalue weighted by atomic mass is 9.91. The van der Waals surface area contributed by atoms with Gasteiger partial charge in [0.15, 0.2) is 0 Å². The zero-order valence-electron chi connectivity index (χ0n) is 15.2. The van der Waals surface area contributed by atoms with Crippen molar-refractivity contribution in [2.24, 2.45) is 5.92 Å². The summed E-state index contributed by atoms with van der Waals surface area (Å²) >= 11 is 0. The van der Waals surface area contributed by atoms with E-state index < -0.39 is 0 Å². The van der Waals surface area contributed by atoms with Crippen molar-refractivity contribution in [3.63, 3.8) is 0 Å². The number of anilines is 1. The van der Waals surface area contributed by atoms with Crippen molar-refractivity contribution in [2.75, 3.05) is 25.0 Å². The molecule has 138 valence electrons. The van der Waals surface area contributed by atoms with Gasteiger partial charge in [0, 0.05) is 44.0 Å². The molecule has 1 aromatic carbocycles. The highest BCUT2D eigenvalue weighted by molar-refractivity contribution is 5.93. The molecule has 0 unspecified atom stereocenters. The van der Waals surface area contributed by atoms with Crippen LogP contribution in [0.5, 0.6) is 0 Å². The van der Waals surface area contributed by atoms with Crippen LogP contribution in [0.4, 0.5) is 5.69 Å². The van der Waals surface area contributed by atoms with Crippen molar-refractivity contribution in [1.82, 2.24) is 14.7 Å². The summed E-state index contributed by atoms with van der Waals surface area (Å²) in [5.74, 6) is 0.422. The van der Waals surface area contributed by atoms with Crippen LogP contribution < -0.4 is 5.32 Å². The number of rotatable bonds is 4. The van der Waals surface area contributed by atoms with Gasteiger partial charge in [0.2, 0.25) is 5.91 Å². The summed E-state index contributed by atoms with van der Waals surface area (Å²) in [6.45, 7) is 5.79. The van der Waals surface area contributed by atoms with Crippen LogP contribution in [0.1, 0.15) is 37.1 Å². The minimum absolute atomic E-state index is 0.0489. The molecular weight excluding hydrogens is 328 g/mol. The van der Waals surface area contributed by atoms with Gasteiger partial charge < -0.3 is 10.1 Å². The van der Waals surface area contributed by atoms with E-state index in [1.165, 1.54) is 5.56 Å². The topological polar surface area (TPSA) is 59.4 Å². The van der Waals surface area contributed by atoms with Crippen LogP contribution in [-0.4, -0.2) is 40.3 Å². The number of aryl methyl sites for hydroxylation is 1. The Hall–Kier alpha value is -2.18. The fraction of sp³-hybridized carbons (Fsp3) is 0.500. The Bertz CT molecular complexity index is 773. The van der Waals surface area contributed by atoms with Gasteiger partial charge in [-0.05, 0) is 37.5 Å². The number of nitrogens with zero attached hydrogens (tertiary/aromatic N) is 3. The highest BCUT2D eigenvalue weighted by atomic mass is 16.5. The summed E-state index contributed by atoms with van der Waals surface area (Å²) < 4.78 is 8.18. The molecule has 6 heteroatoms. The van der Waals surface area contributed by atoms with Crippen LogP contribution in [0.3, 0.4) is 0 Å². The van der Waals surface area contributed by atoms with Crippen LogP contribution in [0.25, 0.3) is 0 Å². The van der Waals surface area contributed by atoms with Gasteiger partial charge in [0.25, 0.3) is 0 Å². The second kappa shape index (κ2) is 7.60. The molecule has 2 aliphatic rings. The van der Waals surface area contributed by atoms with E-state index in [1.54, 1.807) is 0 Å². The first-order chi connectivity index (χ1) is 12.7. The van der Waals surface area contributed by atoms with Gasteiger partial charge in [-0.25, -0.2) is 0 Å². The molecule has 3 heterocycles. The van der Waals surface area contributed by atoms with Crippen molar-refractivity contribution >= 4 is 11.6 Å². The lowest BCUT2D eigenvalue weighted by Crippen LogP contribution is -2.38. The van der Waals surface area contributed by atoms with Gasteiger partial charge >= 0.3 is 0 Å². The summed E-state index contributed by atoms with van der Waals surface area (Å²) in [6, 6.07) is 10.1. The third-order valence-electron chi connectivity index (χ3n) is 5.33. The van der Waals surface area contributed by atoms with Gasteiger partial charge in [-0.3, -0.25) is 14.4 Å². The number of amides is 1. The molecule has 2 atom stereocenters. The molecule has 2 aliphatic heterocycles. The molecule has 1 saturated heterocycles. The molecule has 6 nitrogen and oxygen atoms in total. The molecule has 26 heavy (non-hydrogen) atoms. The van der Waals surface area contributed by atoms with Gasteiger partial charge in [-0.2, -0.15) is 5.10 Å². The molecule has 4 rings (SSSR count). The summed E-state index contributed by atoms with van der Waals surface area (Å²) in [4.78, 5) is 14.6. The second-order valence-electron chi connectivity index (χ2n) is 7.14. The Morgan fingerprint density at radius 3 is 3.04 bits per heavy atom. The number of hydrogen-bond acceptors (Lipinski definition) is 4. The van der Waals surface area contributed by atoms with Crippen molar-refractivity contribution in [2.45, 2.75) is 39.0 Å². The smallest absolute Gasteiger partial charge is 0.238 e. The zero-order chi connectivity index (χ0) is 17.9. The number of carbonyl (C=O) groups excluding carboxylic acids is 1. The largest absolute Gasteiger partial charge is 0.372 e. The quantitative estimate of drug-likeness (QED) is 0.917. The first kappa shape index (κ1) is 17.2. The minimum Gasteiger partial charge on any atom is -0.372 e. The third kappa shape index (κ3) is 3.52. The van der Waals surface area contributed by atoms with Crippen LogP contribution in [0.2, 0.25) is 0 Å². The molecule has 1 aromatic heterocycles. The third-order valence-corrected chi connectivity index (χ3v) is 5.33. The Labute approximate surface area is 154 Å². The maximum Gasteiger partial charge on any atom is 0.238 e. The van der Waals surface area contributed by atoms with Crippen LogP contribution >= 0.6 is 0 Å². The maximum atomic E-state index is 12.3. The van der Waals surface area contributed by atoms with E-state index in [-0.39, 0.29) is 12.0 Å². The van der Waals surface area contributed by atoms with E-state index in [9.17, 15) is 4.79 Å². The van der Waals surface area contributed by atoms with Crippen LogP contribution in [-0.2, 0) is 22.6 Å². The molecule has 0 bridgehead atoms. The fourth-order valence-corrected chi connectivity index (χ4v) is 4.14. The normalized spacial score (nSPS) is 24.0. The Morgan fingerprint density at radius 2 is 2.15 bits per heavy atom. The molecular formula is C20H26N4O2. The van der Waals surface area contributed by atoms with Gasteiger partial charge in [0.1, 0.15) is 6.10 Å². The minimum atomic E-state index is 0.0489. The molecule has 0 spiro atoms. The molecule has 0 radical (unpaired) electrons. The lowest BCUT2D eigenvalue weighted by molar-refractivity contribution is -0.118. The van der Waals surface area contributed by atoms with E-state index in [0.717, 1.165) is 50.5 Å². The number of fused-ring (bicyclic) bond motifs is 1. The van der Waals surface area contributed by atoms with E-state index in [2.05, 4.69) is 34.4 Å².